The minimum Gasteiger partial charge on any atom is -0.479 e. The maximum atomic E-state index is 11.6. The second-order valence-electron chi connectivity index (χ2n) is 4.11. The Balaban J connectivity index is 2.39. The lowest BCUT2D eigenvalue weighted by Gasteiger charge is -2.14. The van der Waals surface area contributed by atoms with Gasteiger partial charge in [-0.25, -0.2) is 9.59 Å². The summed E-state index contributed by atoms with van der Waals surface area (Å²) in [4.78, 5) is 23.2. The van der Waals surface area contributed by atoms with Crippen LogP contribution in [0.2, 0.25) is 0 Å². The number of urea groups is 1. The van der Waals surface area contributed by atoms with Crippen LogP contribution in [0, 0.1) is 0 Å². The van der Waals surface area contributed by atoms with Gasteiger partial charge >= 0.3 is 12.0 Å². The van der Waals surface area contributed by atoms with Gasteiger partial charge in [-0.2, -0.15) is 0 Å². The highest BCUT2D eigenvalue weighted by Gasteiger charge is 2.22. The standard InChI is InChI=1S/C12H18N2O4S/c1-8(2)18-6-5-13-12(17)14-10(11(15)16)9-4-3-7-19-9/h3-4,7-8,10H,5-6H2,1-2H3,(H,15,16)(H2,13,14,17). The Labute approximate surface area is 115 Å². The van der Waals surface area contributed by atoms with Gasteiger partial charge < -0.3 is 20.5 Å². The van der Waals surface area contributed by atoms with E-state index in [1.165, 1.54) is 11.3 Å². The maximum absolute atomic E-state index is 11.6. The Morgan fingerprint density at radius 3 is 2.74 bits per heavy atom. The van der Waals surface area contributed by atoms with E-state index >= 15 is 0 Å². The van der Waals surface area contributed by atoms with Crippen molar-refractivity contribution in [2.75, 3.05) is 13.2 Å². The molecule has 0 bridgehead atoms. The molecule has 0 saturated heterocycles. The third-order valence-corrected chi connectivity index (χ3v) is 3.13. The van der Waals surface area contributed by atoms with Gasteiger partial charge in [-0.05, 0) is 25.3 Å². The van der Waals surface area contributed by atoms with Crippen LogP contribution in [0.5, 0.6) is 0 Å². The van der Waals surface area contributed by atoms with Crippen molar-refractivity contribution >= 4 is 23.3 Å². The molecule has 2 amide bonds. The van der Waals surface area contributed by atoms with E-state index in [2.05, 4.69) is 10.6 Å². The first-order valence-electron chi connectivity index (χ1n) is 5.93. The van der Waals surface area contributed by atoms with E-state index in [0.717, 1.165) is 0 Å². The van der Waals surface area contributed by atoms with E-state index in [1.54, 1.807) is 17.5 Å². The molecule has 1 aromatic heterocycles. The molecular weight excluding hydrogens is 268 g/mol. The monoisotopic (exact) mass is 286 g/mol. The van der Waals surface area contributed by atoms with Gasteiger partial charge in [0.05, 0.1) is 12.7 Å². The average molecular weight is 286 g/mol. The fourth-order valence-electron chi connectivity index (χ4n) is 1.35. The van der Waals surface area contributed by atoms with Gasteiger partial charge in [0.1, 0.15) is 0 Å². The lowest BCUT2D eigenvalue weighted by molar-refractivity contribution is -0.139. The number of carboxylic acids is 1. The fraction of sp³-hybridized carbons (Fsp3) is 0.500. The number of thiophene rings is 1. The van der Waals surface area contributed by atoms with Crippen LogP contribution in [0.4, 0.5) is 4.79 Å². The lowest BCUT2D eigenvalue weighted by atomic mass is 10.2. The number of carbonyl (C=O) groups is 2. The third kappa shape index (κ3) is 5.71. The molecule has 19 heavy (non-hydrogen) atoms. The van der Waals surface area contributed by atoms with Crippen LogP contribution < -0.4 is 10.6 Å². The summed E-state index contributed by atoms with van der Waals surface area (Å²) in [6.07, 6.45) is 0.0998. The van der Waals surface area contributed by atoms with E-state index < -0.39 is 18.0 Å². The summed E-state index contributed by atoms with van der Waals surface area (Å²) < 4.78 is 5.26. The highest BCUT2D eigenvalue weighted by Crippen LogP contribution is 2.18. The van der Waals surface area contributed by atoms with Crippen molar-refractivity contribution < 1.29 is 19.4 Å². The molecule has 0 fully saturated rings. The number of ether oxygens (including phenoxy) is 1. The van der Waals surface area contributed by atoms with Crippen LogP contribution >= 0.6 is 11.3 Å². The predicted octanol–water partition coefficient (Wildman–Crippen LogP) is 1.60. The molecule has 1 rings (SSSR count). The van der Waals surface area contributed by atoms with Crippen molar-refractivity contribution in [3.8, 4) is 0 Å². The minimum atomic E-state index is -1.09. The van der Waals surface area contributed by atoms with Crippen LogP contribution in [0.3, 0.4) is 0 Å². The summed E-state index contributed by atoms with van der Waals surface area (Å²) in [5, 5.41) is 15.8. The SMILES string of the molecule is CC(C)OCCNC(=O)NC(C(=O)O)c1cccs1. The summed E-state index contributed by atoms with van der Waals surface area (Å²) in [5.41, 5.74) is 0. The molecule has 3 N–H and O–H groups in total. The molecule has 0 radical (unpaired) electrons. The average Bonchev–Trinajstić information content (AvgIpc) is 2.84. The molecule has 1 atom stereocenters. The fourth-order valence-corrected chi connectivity index (χ4v) is 2.12. The summed E-state index contributed by atoms with van der Waals surface area (Å²) >= 11 is 1.29. The van der Waals surface area contributed by atoms with Crippen molar-refractivity contribution in [3.63, 3.8) is 0 Å². The number of rotatable bonds is 7. The van der Waals surface area contributed by atoms with E-state index in [4.69, 9.17) is 9.84 Å². The zero-order valence-electron chi connectivity index (χ0n) is 10.9. The smallest absolute Gasteiger partial charge is 0.331 e. The number of carbonyl (C=O) groups excluding carboxylic acids is 1. The van der Waals surface area contributed by atoms with Gasteiger partial charge in [-0.15, -0.1) is 11.3 Å². The second kappa shape index (κ2) is 7.75. The zero-order valence-corrected chi connectivity index (χ0v) is 11.7. The Hall–Kier alpha value is -1.60. The van der Waals surface area contributed by atoms with Gasteiger partial charge in [0.25, 0.3) is 0 Å². The Kier molecular flexibility index (Phi) is 6.31. The predicted molar refractivity (Wildman–Crippen MR) is 72.3 cm³/mol. The van der Waals surface area contributed by atoms with Gasteiger partial charge in [0.2, 0.25) is 0 Å². The molecule has 0 aliphatic rings. The summed E-state index contributed by atoms with van der Waals surface area (Å²) in [7, 11) is 0. The minimum absolute atomic E-state index is 0.0998. The van der Waals surface area contributed by atoms with E-state index in [9.17, 15) is 9.59 Å². The van der Waals surface area contributed by atoms with Gasteiger partial charge in [0, 0.05) is 11.4 Å². The number of hydrogen-bond acceptors (Lipinski definition) is 4. The first-order chi connectivity index (χ1) is 9.00. The molecule has 0 aliphatic heterocycles. The quantitative estimate of drug-likeness (QED) is 0.664. The molecule has 1 aromatic rings. The topological polar surface area (TPSA) is 87.7 Å². The molecule has 0 spiro atoms. The Morgan fingerprint density at radius 2 is 2.21 bits per heavy atom. The highest BCUT2D eigenvalue weighted by molar-refractivity contribution is 7.10. The van der Waals surface area contributed by atoms with Gasteiger partial charge in [0.15, 0.2) is 6.04 Å². The van der Waals surface area contributed by atoms with Crippen molar-refractivity contribution in [2.45, 2.75) is 26.0 Å². The van der Waals surface area contributed by atoms with E-state index in [0.29, 0.717) is 18.0 Å². The third-order valence-electron chi connectivity index (χ3n) is 2.19. The van der Waals surface area contributed by atoms with Gasteiger partial charge in [-0.3, -0.25) is 0 Å². The summed E-state index contributed by atoms with van der Waals surface area (Å²) in [6.45, 7) is 4.53. The maximum Gasteiger partial charge on any atom is 0.331 e. The molecule has 106 valence electrons. The molecule has 1 heterocycles. The first kappa shape index (κ1) is 15.5. The largest absolute Gasteiger partial charge is 0.479 e. The normalized spacial score (nSPS) is 12.2. The van der Waals surface area contributed by atoms with Crippen molar-refractivity contribution in [1.29, 1.82) is 0 Å². The number of aliphatic carboxylic acids is 1. The molecule has 7 heteroatoms. The number of carboxylic acid groups (broad SMARTS) is 1. The molecule has 0 aliphatic carbocycles. The van der Waals surface area contributed by atoms with E-state index in [-0.39, 0.29) is 6.10 Å². The lowest BCUT2D eigenvalue weighted by Crippen LogP contribution is -2.41. The van der Waals surface area contributed by atoms with Crippen LogP contribution in [-0.4, -0.2) is 36.4 Å². The first-order valence-corrected chi connectivity index (χ1v) is 6.81. The van der Waals surface area contributed by atoms with Crippen molar-refractivity contribution in [2.24, 2.45) is 0 Å². The molecule has 6 nitrogen and oxygen atoms in total. The number of nitrogens with one attached hydrogen (secondary N) is 2. The zero-order chi connectivity index (χ0) is 14.3. The van der Waals surface area contributed by atoms with Crippen LogP contribution in [-0.2, 0) is 9.53 Å². The molecular formula is C12H18N2O4S. The Morgan fingerprint density at radius 1 is 1.47 bits per heavy atom. The van der Waals surface area contributed by atoms with Crippen LogP contribution in [0.1, 0.15) is 24.8 Å². The van der Waals surface area contributed by atoms with E-state index in [1.807, 2.05) is 13.8 Å². The molecule has 1 unspecified atom stereocenters. The molecule has 0 saturated carbocycles. The number of amides is 2. The Bertz CT molecular complexity index is 406. The molecule has 0 aromatic carbocycles. The van der Waals surface area contributed by atoms with Gasteiger partial charge in [-0.1, -0.05) is 6.07 Å². The second-order valence-corrected chi connectivity index (χ2v) is 5.09. The summed E-state index contributed by atoms with van der Waals surface area (Å²) in [5.74, 6) is -1.09. The van der Waals surface area contributed by atoms with Crippen molar-refractivity contribution in [1.82, 2.24) is 10.6 Å². The number of hydrogen-bond donors (Lipinski definition) is 3. The summed E-state index contributed by atoms with van der Waals surface area (Å²) in [6, 6.07) is 1.87. The van der Waals surface area contributed by atoms with Crippen molar-refractivity contribution in [3.05, 3.63) is 22.4 Å². The van der Waals surface area contributed by atoms with Crippen LogP contribution in [0.25, 0.3) is 0 Å². The highest BCUT2D eigenvalue weighted by atomic mass is 32.1. The van der Waals surface area contributed by atoms with Crippen LogP contribution in [0.15, 0.2) is 17.5 Å².